The van der Waals surface area contributed by atoms with E-state index in [1.165, 1.54) is 0 Å². The Labute approximate surface area is 212 Å². The highest BCUT2D eigenvalue weighted by atomic mass is 16.5. The van der Waals surface area contributed by atoms with Crippen LogP contribution in [-0.4, -0.2) is 51.6 Å². The van der Waals surface area contributed by atoms with Gasteiger partial charge in [0, 0.05) is 23.9 Å². The van der Waals surface area contributed by atoms with E-state index in [2.05, 4.69) is 11.9 Å². The van der Waals surface area contributed by atoms with Gasteiger partial charge in [-0.25, -0.2) is 9.59 Å². The van der Waals surface area contributed by atoms with Crippen molar-refractivity contribution in [2.24, 2.45) is 34.5 Å². The monoisotopic (exact) mass is 495 g/mol. The number of carbonyl (C=O) groups excluding carboxylic acids is 2. The first-order chi connectivity index (χ1) is 17.2. The molecule has 4 saturated carbocycles. The highest BCUT2D eigenvalue weighted by Gasteiger charge is 2.70. The highest BCUT2D eigenvalue weighted by molar-refractivity contribution is 5.89. The minimum Gasteiger partial charge on any atom is -0.459 e. The molecule has 0 amide bonds. The maximum absolute atomic E-state index is 12.6. The van der Waals surface area contributed by atoms with Gasteiger partial charge < -0.3 is 19.7 Å². The molecule has 7 nitrogen and oxygen atoms in total. The summed E-state index contributed by atoms with van der Waals surface area (Å²) in [7, 11) is 0. The number of rotatable bonds is 3. The van der Waals surface area contributed by atoms with Gasteiger partial charge in [0.1, 0.15) is 12.7 Å². The topological polar surface area (TPSA) is 106 Å². The number of pyridine rings is 1. The molecular weight excluding hydrogens is 458 g/mol. The van der Waals surface area contributed by atoms with Crippen LogP contribution in [0.25, 0.3) is 0 Å². The molecule has 1 aromatic rings. The van der Waals surface area contributed by atoms with E-state index < -0.39 is 17.1 Å². The van der Waals surface area contributed by atoms with Crippen LogP contribution >= 0.6 is 0 Å². The lowest BCUT2D eigenvalue weighted by Crippen LogP contribution is -2.67. The Kier molecular flexibility index (Phi) is 5.61. The molecule has 0 radical (unpaired) electrons. The van der Waals surface area contributed by atoms with Crippen molar-refractivity contribution in [3.63, 3.8) is 0 Å². The third kappa shape index (κ3) is 3.34. The number of hydrogen-bond acceptors (Lipinski definition) is 7. The predicted octanol–water partition coefficient (Wildman–Crippen LogP) is 3.83. The van der Waals surface area contributed by atoms with Crippen LogP contribution in [0.3, 0.4) is 0 Å². The lowest BCUT2D eigenvalue weighted by molar-refractivity contribution is -0.244. The number of cyclic esters (lactones) is 1. The van der Waals surface area contributed by atoms with Crippen molar-refractivity contribution in [1.29, 1.82) is 0 Å². The lowest BCUT2D eigenvalue weighted by atomic mass is 9.42. The summed E-state index contributed by atoms with van der Waals surface area (Å²) < 4.78 is 11.1. The number of aliphatic hydroxyl groups is 2. The van der Waals surface area contributed by atoms with Crippen molar-refractivity contribution in [1.82, 2.24) is 4.98 Å². The number of esters is 2. The average molecular weight is 496 g/mol. The zero-order valence-electron chi connectivity index (χ0n) is 21.2. The molecule has 0 saturated heterocycles. The summed E-state index contributed by atoms with van der Waals surface area (Å²) in [5.41, 5.74) is -0.266. The van der Waals surface area contributed by atoms with Gasteiger partial charge in [0.25, 0.3) is 0 Å². The van der Waals surface area contributed by atoms with Crippen molar-refractivity contribution in [3.05, 3.63) is 41.7 Å². The molecule has 0 spiro atoms. The highest BCUT2D eigenvalue weighted by Crippen LogP contribution is 2.70. The lowest BCUT2D eigenvalue weighted by Gasteiger charge is -2.65. The Morgan fingerprint density at radius 2 is 1.97 bits per heavy atom. The molecule has 9 atom stereocenters. The van der Waals surface area contributed by atoms with Crippen LogP contribution in [0.15, 0.2) is 36.2 Å². The minimum atomic E-state index is -0.968. The largest absolute Gasteiger partial charge is 0.459 e. The molecule has 7 heteroatoms. The second-order valence-electron chi connectivity index (χ2n) is 12.4. The molecular formula is C29H37NO6. The van der Waals surface area contributed by atoms with Crippen LogP contribution in [0.2, 0.25) is 0 Å². The summed E-state index contributed by atoms with van der Waals surface area (Å²) in [5, 5.41) is 24.0. The Hall–Kier alpha value is -2.25. The van der Waals surface area contributed by atoms with E-state index in [-0.39, 0.29) is 47.8 Å². The number of carbonyl (C=O) groups is 2. The molecule has 0 aromatic carbocycles. The van der Waals surface area contributed by atoms with E-state index in [0.29, 0.717) is 24.3 Å². The van der Waals surface area contributed by atoms with Gasteiger partial charge in [0.05, 0.1) is 17.3 Å². The molecule has 194 valence electrons. The van der Waals surface area contributed by atoms with Crippen LogP contribution in [0.4, 0.5) is 0 Å². The summed E-state index contributed by atoms with van der Waals surface area (Å²) in [5.74, 6) is 0.0439. The van der Waals surface area contributed by atoms with E-state index in [9.17, 15) is 19.8 Å². The number of aromatic nitrogens is 1. The number of aliphatic hydroxyl groups excluding tert-OH is 1. The number of ether oxygens (including phenoxy) is 2. The van der Waals surface area contributed by atoms with Gasteiger partial charge >= 0.3 is 11.9 Å². The van der Waals surface area contributed by atoms with E-state index in [1.807, 2.05) is 6.92 Å². The van der Waals surface area contributed by atoms with E-state index in [0.717, 1.165) is 44.1 Å². The molecule has 6 rings (SSSR count). The van der Waals surface area contributed by atoms with Crippen molar-refractivity contribution in [2.45, 2.75) is 83.0 Å². The molecule has 2 heterocycles. The van der Waals surface area contributed by atoms with Crippen LogP contribution < -0.4 is 0 Å². The number of hydrogen-bond donors (Lipinski definition) is 2. The third-order valence-electron chi connectivity index (χ3n) is 11.2. The molecule has 5 aliphatic rings. The summed E-state index contributed by atoms with van der Waals surface area (Å²) in [6.45, 7) is 4.65. The molecule has 4 aliphatic carbocycles. The average Bonchev–Trinajstić information content (AvgIpc) is 3.41. The fraction of sp³-hybridized carbons (Fsp3) is 0.690. The fourth-order valence-corrected chi connectivity index (χ4v) is 9.16. The first-order valence-electron chi connectivity index (χ1n) is 13.6. The molecule has 4 fully saturated rings. The van der Waals surface area contributed by atoms with Gasteiger partial charge in [-0.2, -0.15) is 0 Å². The number of fused-ring (bicyclic) bond motifs is 5. The quantitative estimate of drug-likeness (QED) is 0.614. The molecule has 1 aliphatic heterocycles. The van der Waals surface area contributed by atoms with Crippen molar-refractivity contribution < 1.29 is 29.3 Å². The predicted molar refractivity (Wildman–Crippen MR) is 131 cm³/mol. The van der Waals surface area contributed by atoms with Crippen LogP contribution in [-0.2, 0) is 14.3 Å². The Balaban J connectivity index is 1.21. The smallest absolute Gasteiger partial charge is 0.339 e. The van der Waals surface area contributed by atoms with E-state index in [4.69, 9.17) is 9.47 Å². The Morgan fingerprint density at radius 3 is 2.69 bits per heavy atom. The normalized spacial score (nSPS) is 45.7. The third-order valence-corrected chi connectivity index (χ3v) is 11.2. The second kappa shape index (κ2) is 8.38. The summed E-state index contributed by atoms with van der Waals surface area (Å²) in [6, 6.07) is 3.47. The van der Waals surface area contributed by atoms with Gasteiger partial charge in [-0.1, -0.05) is 13.8 Å². The van der Waals surface area contributed by atoms with E-state index in [1.54, 1.807) is 30.6 Å². The van der Waals surface area contributed by atoms with Gasteiger partial charge in [0.2, 0.25) is 0 Å². The SMILES string of the molecule is C[C@]12CC[C@H](OC(=O)c3cccnc3)C[C@@H]1CC[C@@H]1[C@@H]2C[C@H](O)[C@@]2(C)[C@H](C3=CC(=O)OC3)CC[C@@]12O. The van der Waals surface area contributed by atoms with Crippen LogP contribution in [0, 0.1) is 34.5 Å². The van der Waals surface area contributed by atoms with Gasteiger partial charge in [0.15, 0.2) is 0 Å². The zero-order valence-corrected chi connectivity index (χ0v) is 21.2. The van der Waals surface area contributed by atoms with Gasteiger partial charge in [-0.05, 0) is 98.2 Å². The summed E-state index contributed by atoms with van der Waals surface area (Å²) >= 11 is 0. The first-order valence-corrected chi connectivity index (χ1v) is 13.6. The summed E-state index contributed by atoms with van der Waals surface area (Å²) in [4.78, 5) is 28.4. The van der Waals surface area contributed by atoms with Gasteiger partial charge in [-0.15, -0.1) is 0 Å². The van der Waals surface area contributed by atoms with Crippen molar-refractivity contribution >= 4 is 11.9 Å². The molecule has 0 unspecified atom stereocenters. The van der Waals surface area contributed by atoms with Crippen LogP contribution in [0.5, 0.6) is 0 Å². The van der Waals surface area contributed by atoms with Crippen molar-refractivity contribution in [3.8, 4) is 0 Å². The molecule has 0 bridgehead atoms. The Bertz CT molecular complexity index is 1090. The first kappa shape index (κ1) is 24.1. The number of nitrogens with zero attached hydrogens (tertiary/aromatic N) is 1. The van der Waals surface area contributed by atoms with Gasteiger partial charge in [-0.3, -0.25) is 4.98 Å². The standard InChI is InChI=1S/C29H37NO6/c1-27-9-7-20(36-26(33)17-4-3-11-30-15-17)13-19(27)5-6-22-23(27)14-24(31)28(2)21(8-10-29(22,28)34)18-12-25(32)35-16-18/h3-4,11-12,15,19-24,31,34H,5-10,13-14,16H2,1-2H3/t19-,20-,21-,22+,23-,24-,27-,28+,29+/m0/s1. The second-order valence-corrected chi connectivity index (χ2v) is 12.4. The maximum Gasteiger partial charge on any atom is 0.339 e. The zero-order chi connectivity index (χ0) is 25.3. The molecule has 36 heavy (non-hydrogen) atoms. The van der Waals surface area contributed by atoms with Crippen molar-refractivity contribution in [2.75, 3.05) is 6.61 Å². The van der Waals surface area contributed by atoms with Crippen LogP contribution in [0.1, 0.15) is 75.6 Å². The molecule has 2 N–H and O–H groups in total. The maximum atomic E-state index is 12.6. The van der Waals surface area contributed by atoms with E-state index >= 15 is 0 Å². The summed E-state index contributed by atoms with van der Waals surface area (Å²) in [6.07, 6.45) is 10.5. The minimum absolute atomic E-state index is 0.0119. The molecule has 1 aromatic heterocycles. The Morgan fingerprint density at radius 1 is 1.14 bits per heavy atom. The fourth-order valence-electron chi connectivity index (χ4n) is 9.16.